The van der Waals surface area contributed by atoms with Gasteiger partial charge in [-0.05, 0) is 41.2 Å². The number of hydrogen-bond acceptors (Lipinski definition) is 2. The maximum atomic E-state index is 12.7. The van der Waals surface area contributed by atoms with Crippen LogP contribution in [0.3, 0.4) is 0 Å². The standard InChI is InChI=1S/C21H28N2O/c1-15(21(2,3)4)20(24)23-12-9-16(10-13-23)18-7-5-6-17-14-22-11-8-19(17)18/h5-8,11,14-16H,9-10,12-13H2,1-4H3. The lowest BCUT2D eigenvalue weighted by Crippen LogP contribution is -2.43. The van der Waals surface area contributed by atoms with Crippen LogP contribution in [0.25, 0.3) is 10.8 Å². The molecule has 1 aliphatic rings. The Labute approximate surface area is 145 Å². The second-order valence-electron chi connectivity index (χ2n) is 8.13. The van der Waals surface area contributed by atoms with Crippen LogP contribution < -0.4 is 0 Å². The van der Waals surface area contributed by atoms with Crippen molar-refractivity contribution in [1.29, 1.82) is 0 Å². The van der Waals surface area contributed by atoms with Gasteiger partial charge in [0.25, 0.3) is 0 Å². The number of carbonyl (C=O) groups excluding carboxylic acids is 1. The van der Waals surface area contributed by atoms with Gasteiger partial charge in [0.2, 0.25) is 5.91 Å². The molecular formula is C21H28N2O. The Hall–Kier alpha value is -1.90. The molecule has 1 aromatic heterocycles. The third kappa shape index (κ3) is 3.31. The first-order valence-electron chi connectivity index (χ1n) is 8.99. The van der Waals surface area contributed by atoms with Crippen molar-refractivity contribution in [3.8, 4) is 0 Å². The molecule has 0 saturated carbocycles. The molecule has 1 amide bonds. The quantitative estimate of drug-likeness (QED) is 0.807. The van der Waals surface area contributed by atoms with Crippen LogP contribution in [0, 0.1) is 11.3 Å². The van der Waals surface area contributed by atoms with Gasteiger partial charge in [-0.2, -0.15) is 0 Å². The third-order valence-electron chi connectivity index (χ3n) is 5.63. The molecule has 24 heavy (non-hydrogen) atoms. The van der Waals surface area contributed by atoms with Crippen molar-refractivity contribution in [2.24, 2.45) is 11.3 Å². The van der Waals surface area contributed by atoms with Crippen LogP contribution in [-0.4, -0.2) is 28.9 Å². The lowest BCUT2D eigenvalue weighted by Gasteiger charge is -2.37. The topological polar surface area (TPSA) is 33.2 Å². The Bertz CT molecular complexity index is 719. The van der Waals surface area contributed by atoms with Crippen LogP contribution in [0.15, 0.2) is 36.7 Å². The van der Waals surface area contributed by atoms with Crippen molar-refractivity contribution < 1.29 is 4.79 Å². The molecular weight excluding hydrogens is 296 g/mol. The highest BCUT2D eigenvalue weighted by atomic mass is 16.2. The molecule has 1 aromatic carbocycles. The fraction of sp³-hybridized carbons (Fsp3) is 0.524. The van der Waals surface area contributed by atoms with Crippen molar-refractivity contribution in [2.75, 3.05) is 13.1 Å². The highest BCUT2D eigenvalue weighted by molar-refractivity contribution is 5.85. The van der Waals surface area contributed by atoms with Gasteiger partial charge >= 0.3 is 0 Å². The van der Waals surface area contributed by atoms with Crippen LogP contribution >= 0.6 is 0 Å². The van der Waals surface area contributed by atoms with Gasteiger partial charge in [-0.3, -0.25) is 9.78 Å². The summed E-state index contributed by atoms with van der Waals surface area (Å²) in [5, 5.41) is 2.51. The molecule has 1 saturated heterocycles. The van der Waals surface area contributed by atoms with Crippen molar-refractivity contribution in [2.45, 2.75) is 46.5 Å². The number of benzene rings is 1. The minimum absolute atomic E-state index is 0.0244. The fourth-order valence-electron chi connectivity index (χ4n) is 3.56. The summed E-state index contributed by atoms with van der Waals surface area (Å²) >= 11 is 0. The van der Waals surface area contributed by atoms with Gasteiger partial charge in [0, 0.05) is 36.8 Å². The molecule has 3 heteroatoms. The Morgan fingerprint density at radius 2 is 1.92 bits per heavy atom. The van der Waals surface area contributed by atoms with E-state index < -0.39 is 0 Å². The highest BCUT2D eigenvalue weighted by Gasteiger charge is 2.32. The van der Waals surface area contributed by atoms with E-state index in [1.165, 1.54) is 16.3 Å². The summed E-state index contributed by atoms with van der Waals surface area (Å²) in [6.45, 7) is 10.2. The second kappa shape index (κ2) is 6.54. The molecule has 0 spiro atoms. The molecule has 0 bridgehead atoms. The molecule has 0 N–H and O–H groups in total. The first kappa shape index (κ1) is 16.9. The molecule has 2 heterocycles. The Kier molecular flexibility index (Phi) is 4.62. The predicted octanol–water partition coefficient (Wildman–Crippen LogP) is 4.62. The van der Waals surface area contributed by atoms with Gasteiger partial charge in [0.1, 0.15) is 0 Å². The van der Waals surface area contributed by atoms with Crippen LogP contribution in [0.2, 0.25) is 0 Å². The van der Waals surface area contributed by atoms with Crippen LogP contribution in [-0.2, 0) is 4.79 Å². The van der Waals surface area contributed by atoms with Gasteiger partial charge in [-0.1, -0.05) is 45.9 Å². The number of rotatable bonds is 2. The SMILES string of the molecule is CC(C(=O)N1CCC(c2cccc3cnccc23)CC1)C(C)(C)C. The smallest absolute Gasteiger partial charge is 0.225 e. The summed E-state index contributed by atoms with van der Waals surface area (Å²) in [7, 11) is 0. The molecule has 3 nitrogen and oxygen atoms in total. The molecule has 0 radical (unpaired) electrons. The molecule has 1 unspecified atom stereocenters. The van der Waals surface area contributed by atoms with Gasteiger partial charge in [0.15, 0.2) is 0 Å². The summed E-state index contributed by atoms with van der Waals surface area (Å²) in [5.41, 5.74) is 1.43. The third-order valence-corrected chi connectivity index (χ3v) is 5.63. The maximum Gasteiger partial charge on any atom is 0.225 e. The zero-order valence-electron chi connectivity index (χ0n) is 15.2. The van der Waals surface area contributed by atoms with Gasteiger partial charge in [-0.25, -0.2) is 0 Å². The molecule has 128 valence electrons. The molecule has 1 aliphatic heterocycles. The van der Waals surface area contributed by atoms with Crippen molar-refractivity contribution >= 4 is 16.7 Å². The Morgan fingerprint density at radius 1 is 1.21 bits per heavy atom. The van der Waals surface area contributed by atoms with E-state index in [1.54, 1.807) is 0 Å². The van der Waals surface area contributed by atoms with Crippen LogP contribution in [0.1, 0.15) is 52.0 Å². The van der Waals surface area contributed by atoms with Crippen molar-refractivity contribution in [3.63, 3.8) is 0 Å². The van der Waals surface area contributed by atoms with Crippen molar-refractivity contribution in [1.82, 2.24) is 9.88 Å². The van der Waals surface area contributed by atoms with E-state index in [0.29, 0.717) is 11.8 Å². The highest BCUT2D eigenvalue weighted by Crippen LogP contribution is 2.34. The van der Waals surface area contributed by atoms with E-state index >= 15 is 0 Å². The number of amides is 1. The van der Waals surface area contributed by atoms with E-state index in [1.807, 2.05) is 12.4 Å². The monoisotopic (exact) mass is 324 g/mol. The molecule has 1 atom stereocenters. The average Bonchev–Trinajstić information content (AvgIpc) is 2.59. The fourth-order valence-corrected chi connectivity index (χ4v) is 3.56. The number of nitrogens with zero attached hydrogens (tertiary/aromatic N) is 2. The number of fused-ring (bicyclic) bond motifs is 1. The molecule has 0 aliphatic carbocycles. The van der Waals surface area contributed by atoms with Gasteiger partial charge in [0.05, 0.1) is 0 Å². The average molecular weight is 324 g/mol. The number of likely N-dealkylation sites (tertiary alicyclic amines) is 1. The van der Waals surface area contributed by atoms with E-state index in [4.69, 9.17) is 0 Å². The molecule has 1 fully saturated rings. The summed E-state index contributed by atoms with van der Waals surface area (Å²) in [5.74, 6) is 0.908. The van der Waals surface area contributed by atoms with Gasteiger partial charge in [-0.15, -0.1) is 0 Å². The number of piperidine rings is 1. The normalized spacial score (nSPS) is 17.9. The van der Waals surface area contributed by atoms with E-state index in [9.17, 15) is 4.79 Å². The maximum absolute atomic E-state index is 12.7. The zero-order chi connectivity index (χ0) is 17.3. The number of aromatic nitrogens is 1. The summed E-state index contributed by atoms with van der Waals surface area (Å²) in [6.07, 6.45) is 5.89. The minimum Gasteiger partial charge on any atom is -0.342 e. The second-order valence-corrected chi connectivity index (χ2v) is 8.13. The zero-order valence-corrected chi connectivity index (χ0v) is 15.2. The number of hydrogen-bond donors (Lipinski definition) is 0. The van der Waals surface area contributed by atoms with Crippen LogP contribution in [0.4, 0.5) is 0 Å². The van der Waals surface area contributed by atoms with E-state index in [0.717, 1.165) is 25.9 Å². The van der Waals surface area contributed by atoms with Crippen LogP contribution in [0.5, 0.6) is 0 Å². The predicted molar refractivity (Wildman–Crippen MR) is 98.9 cm³/mol. The lowest BCUT2D eigenvalue weighted by atomic mass is 9.80. The minimum atomic E-state index is 0.0244. The molecule has 3 rings (SSSR count). The summed E-state index contributed by atoms with van der Waals surface area (Å²) in [6, 6.07) is 8.60. The summed E-state index contributed by atoms with van der Waals surface area (Å²) in [4.78, 5) is 19.0. The lowest BCUT2D eigenvalue weighted by molar-refractivity contribution is -0.139. The first-order valence-corrected chi connectivity index (χ1v) is 8.99. The summed E-state index contributed by atoms with van der Waals surface area (Å²) < 4.78 is 0. The van der Waals surface area contributed by atoms with Gasteiger partial charge < -0.3 is 4.90 Å². The van der Waals surface area contributed by atoms with E-state index in [-0.39, 0.29) is 11.3 Å². The number of carbonyl (C=O) groups is 1. The largest absolute Gasteiger partial charge is 0.342 e. The first-order chi connectivity index (χ1) is 11.4. The number of pyridine rings is 1. The Balaban J connectivity index is 1.72. The van der Waals surface area contributed by atoms with Crippen molar-refractivity contribution in [3.05, 3.63) is 42.2 Å². The Morgan fingerprint density at radius 3 is 2.58 bits per heavy atom. The molecule has 2 aromatic rings. The van der Waals surface area contributed by atoms with E-state index in [2.05, 4.69) is 61.8 Å².